The maximum atomic E-state index is 12.6. The number of piperazine rings is 1. The van der Waals surface area contributed by atoms with Gasteiger partial charge in [0.25, 0.3) is 5.69 Å². The third-order valence-electron chi connectivity index (χ3n) is 5.62. The summed E-state index contributed by atoms with van der Waals surface area (Å²) in [5.74, 6) is -0.0650. The molecule has 1 unspecified atom stereocenters. The van der Waals surface area contributed by atoms with Crippen molar-refractivity contribution < 1.29 is 14.5 Å². The van der Waals surface area contributed by atoms with Crippen LogP contribution in [0, 0.1) is 10.1 Å². The minimum absolute atomic E-state index is 0.0396. The summed E-state index contributed by atoms with van der Waals surface area (Å²) in [6.07, 6.45) is 0.283. The van der Waals surface area contributed by atoms with Crippen LogP contribution in [0.2, 0.25) is 0 Å². The van der Waals surface area contributed by atoms with Crippen molar-refractivity contribution in [1.29, 1.82) is 0 Å². The minimum Gasteiger partial charge on any atom is -0.348 e. The number of nitrogens with one attached hydrogen (secondary N) is 1. The normalized spacial score (nSPS) is 19.4. The number of halogens is 2. The second-order valence-corrected chi connectivity index (χ2v) is 11.3. The fraction of sp³-hybridized carbons (Fsp3) is 0.400. The highest BCUT2D eigenvalue weighted by atomic mass is 79.9. The number of hydrogen-bond donors (Lipinski definition) is 1. The van der Waals surface area contributed by atoms with Crippen LogP contribution in [-0.4, -0.2) is 59.1 Å². The number of nitrogens with zero attached hydrogens (tertiary/aromatic N) is 3. The minimum atomic E-state index is -0.348. The van der Waals surface area contributed by atoms with E-state index in [9.17, 15) is 19.7 Å². The summed E-state index contributed by atoms with van der Waals surface area (Å²) in [5, 5.41) is 14.2. The molecule has 2 heterocycles. The first-order valence-corrected chi connectivity index (χ1v) is 12.2. The van der Waals surface area contributed by atoms with Crippen molar-refractivity contribution >= 4 is 60.6 Å². The van der Waals surface area contributed by atoms with Gasteiger partial charge in [0.1, 0.15) is 0 Å². The van der Waals surface area contributed by atoms with Crippen LogP contribution in [-0.2, 0) is 11.3 Å². The van der Waals surface area contributed by atoms with Gasteiger partial charge in [-0.05, 0) is 31.9 Å². The van der Waals surface area contributed by atoms with Gasteiger partial charge in [-0.2, -0.15) is 0 Å². The summed E-state index contributed by atoms with van der Waals surface area (Å²) in [4.78, 5) is 40.0. The van der Waals surface area contributed by atoms with Gasteiger partial charge in [0.2, 0.25) is 5.91 Å². The molecule has 1 fully saturated rings. The number of ketones is 1. The maximum Gasteiger partial charge on any atom is 0.273 e. The van der Waals surface area contributed by atoms with Gasteiger partial charge in [0, 0.05) is 61.9 Å². The molecule has 1 amide bonds. The van der Waals surface area contributed by atoms with Crippen LogP contribution in [0.1, 0.15) is 33.9 Å². The SMILES string of the molecule is O=C(CN1CCN(Cc2ccccc2[N+](=O)[O-])CC1)NC1CC(=O)c2c(Br)sc(Br)c21. The van der Waals surface area contributed by atoms with Gasteiger partial charge in [0.05, 0.1) is 25.1 Å². The zero-order chi connectivity index (χ0) is 22.1. The van der Waals surface area contributed by atoms with E-state index in [2.05, 4.69) is 47.0 Å². The molecule has 1 aliphatic carbocycles. The van der Waals surface area contributed by atoms with E-state index in [1.807, 2.05) is 6.07 Å². The van der Waals surface area contributed by atoms with Crippen LogP contribution in [0.3, 0.4) is 0 Å². The van der Waals surface area contributed by atoms with Gasteiger partial charge >= 0.3 is 0 Å². The van der Waals surface area contributed by atoms with E-state index in [0.717, 1.165) is 26.2 Å². The first kappa shape index (κ1) is 22.5. The Morgan fingerprint density at radius 1 is 1.16 bits per heavy atom. The van der Waals surface area contributed by atoms with Crippen LogP contribution >= 0.6 is 43.2 Å². The molecule has 0 spiro atoms. The number of amides is 1. The second kappa shape index (κ2) is 9.45. The molecule has 0 radical (unpaired) electrons. The molecule has 11 heteroatoms. The van der Waals surface area contributed by atoms with E-state index in [0.29, 0.717) is 30.8 Å². The third-order valence-corrected chi connectivity index (χ3v) is 8.20. The fourth-order valence-electron chi connectivity index (χ4n) is 4.08. The number of thiophene rings is 1. The molecule has 1 aliphatic heterocycles. The first-order valence-electron chi connectivity index (χ1n) is 9.80. The van der Waals surface area contributed by atoms with E-state index >= 15 is 0 Å². The lowest BCUT2D eigenvalue weighted by Gasteiger charge is -2.34. The Balaban J connectivity index is 1.29. The standard InChI is InChI=1S/C20H20Br2N4O4S/c21-19-17-13(9-15(27)18(17)20(22)31-19)23-16(28)11-25-7-5-24(6-8-25)10-12-3-1-2-4-14(12)26(29)30/h1-4,13H,5-11H2,(H,23,28). The quantitative estimate of drug-likeness (QED) is 0.419. The number of para-hydroxylation sites is 1. The molecule has 1 aromatic heterocycles. The Labute approximate surface area is 200 Å². The maximum absolute atomic E-state index is 12.6. The molecule has 0 bridgehead atoms. The summed E-state index contributed by atoms with van der Waals surface area (Å²) in [7, 11) is 0. The molecule has 4 rings (SSSR count). The number of nitro benzene ring substituents is 1. The molecule has 2 aromatic rings. The number of hydrogen-bond acceptors (Lipinski definition) is 7. The van der Waals surface area contributed by atoms with Crippen LogP contribution in [0.4, 0.5) is 5.69 Å². The van der Waals surface area contributed by atoms with Crippen LogP contribution in [0.15, 0.2) is 31.8 Å². The van der Waals surface area contributed by atoms with Gasteiger partial charge in [-0.1, -0.05) is 18.2 Å². The van der Waals surface area contributed by atoms with Gasteiger partial charge in [-0.25, -0.2) is 0 Å². The number of rotatable bonds is 6. The zero-order valence-electron chi connectivity index (χ0n) is 16.5. The molecule has 0 saturated carbocycles. The van der Waals surface area contributed by atoms with E-state index < -0.39 is 0 Å². The summed E-state index contributed by atoms with van der Waals surface area (Å²) in [6, 6.07) is 6.50. The number of fused-ring (bicyclic) bond motifs is 1. The smallest absolute Gasteiger partial charge is 0.273 e. The summed E-state index contributed by atoms with van der Waals surface area (Å²) < 4.78 is 1.67. The number of Topliss-reactive ketones (excluding diaryl/α,β-unsaturated/α-hetero) is 1. The number of carbonyl (C=O) groups is 2. The highest BCUT2D eigenvalue weighted by Crippen LogP contribution is 2.46. The van der Waals surface area contributed by atoms with Crippen molar-refractivity contribution in [2.45, 2.75) is 19.0 Å². The molecule has 164 valence electrons. The van der Waals surface area contributed by atoms with E-state index in [-0.39, 0.29) is 41.3 Å². The Kier molecular flexibility index (Phi) is 6.87. The van der Waals surface area contributed by atoms with Crippen molar-refractivity contribution in [3.63, 3.8) is 0 Å². The predicted octanol–water partition coefficient (Wildman–Crippen LogP) is 3.74. The van der Waals surface area contributed by atoms with Crippen molar-refractivity contribution in [3.05, 3.63) is 58.6 Å². The topological polar surface area (TPSA) is 95.8 Å². The largest absolute Gasteiger partial charge is 0.348 e. The highest BCUT2D eigenvalue weighted by molar-refractivity contribution is 9.12. The van der Waals surface area contributed by atoms with E-state index in [4.69, 9.17) is 0 Å². The number of nitro groups is 1. The van der Waals surface area contributed by atoms with E-state index in [1.54, 1.807) is 12.1 Å². The molecule has 2 aliphatic rings. The Hall–Kier alpha value is -1.66. The van der Waals surface area contributed by atoms with Crippen molar-refractivity contribution in [3.8, 4) is 0 Å². The third kappa shape index (κ3) is 4.90. The number of carbonyl (C=O) groups excluding carboxylic acids is 2. The Morgan fingerprint density at radius 3 is 2.55 bits per heavy atom. The fourth-order valence-corrected chi connectivity index (χ4v) is 7.45. The monoisotopic (exact) mass is 570 g/mol. The average Bonchev–Trinajstić information content (AvgIpc) is 3.21. The second-order valence-electron chi connectivity index (χ2n) is 7.62. The molecule has 8 nitrogen and oxygen atoms in total. The lowest BCUT2D eigenvalue weighted by molar-refractivity contribution is -0.385. The van der Waals surface area contributed by atoms with Gasteiger partial charge in [-0.15, -0.1) is 11.3 Å². The number of benzene rings is 1. The van der Waals surface area contributed by atoms with Crippen molar-refractivity contribution in [2.24, 2.45) is 0 Å². The van der Waals surface area contributed by atoms with Crippen LogP contribution in [0.5, 0.6) is 0 Å². The van der Waals surface area contributed by atoms with Gasteiger partial charge < -0.3 is 5.32 Å². The van der Waals surface area contributed by atoms with Crippen LogP contribution < -0.4 is 5.32 Å². The van der Waals surface area contributed by atoms with Crippen molar-refractivity contribution in [2.75, 3.05) is 32.7 Å². The highest BCUT2D eigenvalue weighted by Gasteiger charge is 2.36. The lowest BCUT2D eigenvalue weighted by atomic mass is 10.1. The van der Waals surface area contributed by atoms with Crippen molar-refractivity contribution in [1.82, 2.24) is 15.1 Å². The lowest BCUT2D eigenvalue weighted by Crippen LogP contribution is -2.49. The summed E-state index contributed by atoms with van der Waals surface area (Å²) in [6.45, 7) is 3.66. The predicted molar refractivity (Wildman–Crippen MR) is 124 cm³/mol. The molecular formula is C20H20Br2N4O4S. The van der Waals surface area contributed by atoms with E-state index in [1.165, 1.54) is 17.4 Å². The van der Waals surface area contributed by atoms with Gasteiger partial charge in [0.15, 0.2) is 5.78 Å². The first-order chi connectivity index (χ1) is 14.8. The molecule has 31 heavy (non-hydrogen) atoms. The summed E-state index contributed by atoms with van der Waals surface area (Å²) >= 11 is 8.38. The van der Waals surface area contributed by atoms with Gasteiger partial charge in [-0.3, -0.25) is 29.5 Å². The Morgan fingerprint density at radius 2 is 1.84 bits per heavy atom. The molecule has 1 atom stereocenters. The Bertz CT molecular complexity index is 1040. The molecule has 1 N–H and O–H groups in total. The summed E-state index contributed by atoms with van der Waals surface area (Å²) in [5.41, 5.74) is 2.38. The molecule has 1 aromatic carbocycles. The molecule has 1 saturated heterocycles. The van der Waals surface area contributed by atoms with Crippen LogP contribution in [0.25, 0.3) is 0 Å². The average molecular weight is 572 g/mol. The zero-order valence-corrected chi connectivity index (χ0v) is 20.5. The molecular weight excluding hydrogens is 552 g/mol.